The van der Waals surface area contributed by atoms with Crippen molar-refractivity contribution >= 4 is 0 Å². The highest BCUT2D eigenvalue weighted by atomic mass is 19.1. The van der Waals surface area contributed by atoms with E-state index in [1.807, 2.05) is 0 Å². The van der Waals surface area contributed by atoms with E-state index >= 15 is 0 Å². The number of benzene rings is 1. The van der Waals surface area contributed by atoms with Crippen molar-refractivity contribution in [3.8, 4) is 5.75 Å². The van der Waals surface area contributed by atoms with Gasteiger partial charge in [0.2, 0.25) is 0 Å². The van der Waals surface area contributed by atoms with Gasteiger partial charge in [-0.25, -0.2) is 4.39 Å². The lowest BCUT2D eigenvalue weighted by molar-refractivity contribution is 0.0919. The Morgan fingerprint density at radius 3 is 2.55 bits per heavy atom. The number of halogens is 1. The second-order valence-corrected chi connectivity index (χ2v) is 4.49. The Bertz CT molecular complexity index is 355. The Morgan fingerprint density at radius 1 is 1.25 bits per heavy atom. The molecule has 0 saturated heterocycles. The molecule has 0 saturated carbocycles. The van der Waals surface area contributed by atoms with Crippen LogP contribution in [-0.4, -0.2) is 55.8 Å². The monoisotopic (exact) mass is 287 g/mol. The predicted molar refractivity (Wildman–Crippen MR) is 73.3 cm³/mol. The van der Waals surface area contributed by atoms with Crippen molar-refractivity contribution in [2.24, 2.45) is 0 Å². The van der Waals surface area contributed by atoms with E-state index in [0.717, 1.165) is 0 Å². The second kappa shape index (κ2) is 9.66. The molecule has 0 heterocycles. The van der Waals surface area contributed by atoms with Crippen LogP contribution >= 0.6 is 0 Å². The molecule has 1 aromatic carbocycles. The molecule has 0 bridgehead atoms. The summed E-state index contributed by atoms with van der Waals surface area (Å²) in [4.78, 5) is 0. The van der Waals surface area contributed by atoms with Gasteiger partial charge in [0.15, 0.2) is 0 Å². The minimum Gasteiger partial charge on any atom is -0.491 e. The third kappa shape index (κ3) is 6.81. The Hall–Kier alpha value is -1.21. The maximum atomic E-state index is 12.7. The highest BCUT2D eigenvalue weighted by molar-refractivity contribution is 5.22. The van der Waals surface area contributed by atoms with Crippen molar-refractivity contribution in [1.29, 1.82) is 0 Å². The summed E-state index contributed by atoms with van der Waals surface area (Å²) >= 11 is 0. The first-order chi connectivity index (χ1) is 9.65. The van der Waals surface area contributed by atoms with Gasteiger partial charge in [0.05, 0.1) is 6.61 Å². The fourth-order valence-corrected chi connectivity index (χ4v) is 1.69. The van der Waals surface area contributed by atoms with Gasteiger partial charge in [-0.05, 0) is 30.7 Å². The summed E-state index contributed by atoms with van der Waals surface area (Å²) in [7, 11) is 1.58. The lowest BCUT2D eigenvalue weighted by Crippen LogP contribution is -2.40. The first-order valence-corrected chi connectivity index (χ1v) is 6.55. The predicted octanol–water partition coefficient (Wildman–Crippen LogP) is 0.552. The van der Waals surface area contributed by atoms with Crippen molar-refractivity contribution in [3.05, 3.63) is 30.1 Å². The Morgan fingerprint density at radius 2 is 1.95 bits per heavy atom. The normalized spacial score (nSPS) is 14.0. The summed E-state index contributed by atoms with van der Waals surface area (Å²) in [6.07, 6.45) is -0.141. The van der Waals surface area contributed by atoms with Crippen molar-refractivity contribution < 1.29 is 24.1 Å². The SMILES string of the molecule is COCC(CCO)NCC(O)COc1ccc(F)cc1. The van der Waals surface area contributed by atoms with Crippen LogP contribution in [0.4, 0.5) is 4.39 Å². The standard InChI is InChI=1S/C14H22FNO4/c1-19-9-12(6-7-17)16-8-13(18)10-20-14-4-2-11(15)3-5-14/h2-5,12-13,16-18H,6-10H2,1H3. The third-order valence-electron chi connectivity index (χ3n) is 2.74. The molecule has 1 aromatic rings. The molecule has 1 rings (SSSR count). The lowest BCUT2D eigenvalue weighted by Gasteiger charge is -2.19. The molecular formula is C14H22FNO4. The van der Waals surface area contributed by atoms with Crippen LogP contribution in [-0.2, 0) is 4.74 Å². The van der Waals surface area contributed by atoms with Gasteiger partial charge in [-0.15, -0.1) is 0 Å². The molecule has 0 amide bonds. The van der Waals surface area contributed by atoms with E-state index in [1.54, 1.807) is 7.11 Å². The number of methoxy groups -OCH3 is 1. The molecule has 0 aliphatic heterocycles. The second-order valence-electron chi connectivity index (χ2n) is 4.49. The van der Waals surface area contributed by atoms with Gasteiger partial charge in [0.1, 0.15) is 24.3 Å². The molecular weight excluding hydrogens is 265 g/mol. The summed E-state index contributed by atoms with van der Waals surface area (Å²) in [6.45, 7) is 0.960. The summed E-state index contributed by atoms with van der Waals surface area (Å²) in [5.41, 5.74) is 0. The zero-order valence-electron chi connectivity index (χ0n) is 11.6. The van der Waals surface area contributed by atoms with Gasteiger partial charge in [-0.1, -0.05) is 0 Å². The van der Waals surface area contributed by atoms with Crippen LogP contribution < -0.4 is 10.1 Å². The topological polar surface area (TPSA) is 71.0 Å². The smallest absolute Gasteiger partial charge is 0.123 e. The molecule has 3 N–H and O–H groups in total. The van der Waals surface area contributed by atoms with Crippen LogP contribution in [0.2, 0.25) is 0 Å². The Kier molecular flexibility index (Phi) is 8.13. The fourth-order valence-electron chi connectivity index (χ4n) is 1.69. The summed E-state index contributed by atoms with van der Waals surface area (Å²) in [5, 5.41) is 21.8. The van der Waals surface area contributed by atoms with Crippen molar-refractivity contribution in [2.45, 2.75) is 18.6 Å². The Labute approximate surface area is 118 Å². The molecule has 6 heteroatoms. The van der Waals surface area contributed by atoms with E-state index in [2.05, 4.69) is 5.32 Å². The minimum absolute atomic E-state index is 0.00882. The van der Waals surface area contributed by atoms with E-state index in [1.165, 1.54) is 24.3 Å². The highest BCUT2D eigenvalue weighted by Crippen LogP contribution is 2.11. The number of hydrogen-bond acceptors (Lipinski definition) is 5. The molecule has 114 valence electrons. The van der Waals surface area contributed by atoms with Crippen LogP contribution in [0.3, 0.4) is 0 Å². The molecule has 20 heavy (non-hydrogen) atoms. The van der Waals surface area contributed by atoms with Crippen molar-refractivity contribution in [2.75, 3.05) is 33.5 Å². The molecule has 0 fully saturated rings. The zero-order valence-corrected chi connectivity index (χ0v) is 11.6. The van der Waals surface area contributed by atoms with Crippen LogP contribution in [0, 0.1) is 5.82 Å². The van der Waals surface area contributed by atoms with E-state index in [-0.39, 0.29) is 25.1 Å². The van der Waals surface area contributed by atoms with E-state index in [0.29, 0.717) is 25.3 Å². The third-order valence-corrected chi connectivity index (χ3v) is 2.74. The molecule has 0 aliphatic rings. The van der Waals surface area contributed by atoms with Crippen LogP contribution in [0.5, 0.6) is 5.75 Å². The molecule has 0 aliphatic carbocycles. The quantitative estimate of drug-likeness (QED) is 0.586. The molecule has 2 atom stereocenters. The van der Waals surface area contributed by atoms with E-state index in [9.17, 15) is 9.50 Å². The average molecular weight is 287 g/mol. The number of aliphatic hydroxyl groups excluding tert-OH is 2. The number of rotatable bonds is 10. The number of aliphatic hydroxyl groups is 2. The maximum Gasteiger partial charge on any atom is 0.123 e. The van der Waals surface area contributed by atoms with Crippen molar-refractivity contribution in [1.82, 2.24) is 5.32 Å². The van der Waals surface area contributed by atoms with Crippen LogP contribution in [0.25, 0.3) is 0 Å². The van der Waals surface area contributed by atoms with Crippen molar-refractivity contribution in [3.63, 3.8) is 0 Å². The average Bonchev–Trinajstić information content (AvgIpc) is 2.44. The van der Waals surface area contributed by atoms with Gasteiger partial charge in [0.25, 0.3) is 0 Å². The van der Waals surface area contributed by atoms with Gasteiger partial charge < -0.3 is 25.0 Å². The summed E-state index contributed by atoms with van der Waals surface area (Å²) in [6, 6.07) is 5.61. The van der Waals surface area contributed by atoms with E-state index < -0.39 is 6.10 Å². The number of ether oxygens (including phenoxy) is 2. The summed E-state index contributed by atoms with van der Waals surface area (Å²) in [5.74, 6) is 0.181. The van der Waals surface area contributed by atoms with Crippen LogP contribution in [0.15, 0.2) is 24.3 Å². The minimum atomic E-state index is -0.696. The number of nitrogens with one attached hydrogen (secondary N) is 1. The first kappa shape index (κ1) is 16.8. The van der Waals surface area contributed by atoms with Gasteiger partial charge in [-0.2, -0.15) is 0 Å². The first-order valence-electron chi connectivity index (χ1n) is 6.55. The van der Waals surface area contributed by atoms with Gasteiger partial charge in [0, 0.05) is 26.3 Å². The highest BCUT2D eigenvalue weighted by Gasteiger charge is 2.11. The summed E-state index contributed by atoms with van der Waals surface area (Å²) < 4.78 is 23.0. The molecule has 0 aromatic heterocycles. The van der Waals surface area contributed by atoms with Gasteiger partial charge >= 0.3 is 0 Å². The molecule has 2 unspecified atom stereocenters. The fraction of sp³-hybridized carbons (Fsp3) is 0.571. The van der Waals surface area contributed by atoms with E-state index in [4.69, 9.17) is 14.6 Å². The molecule has 0 spiro atoms. The van der Waals surface area contributed by atoms with Gasteiger partial charge in [-0.3, -0.25) is 0 Å². The molecule has 0 radical (unpaired) electrons. The van der Waals surface area contributed by atoms with Crippen LogP contribution in [0.1, 0.15) is 6.42 Å². The zero-order chi connectivity index (χ0) is 14.8. The largest absolute Gasteiger partial charge is 0.491 e. The molecule has 5 nitrogen and oxygen atoms in total. The maximum absolute atomic E-state index is 12.7. The Balaban J connectivity index is 2.25. The number of hydrogen-bond donors (Lipinski definition) is 3. The lowest BCUT2D eigenvalue weighted by atomic mass is 10.2.